The van der Waals surface area contributed by atoms with Gasteiger partial charge in [0.1, 0.15) is 18.9 Å². The Bertz CT molecular complexity index is 467. The van der Waals surface area contributed by atoms with E-state index in [4.69, 9.17) is 10.5 Å². The van der Waals surface area contributed by atoms with Gasteiger partial charge in [-0.2, -0.15) is 0 Å². The summed E-state index contributed by atoms with van der Waals surface area (Å²) in [6.07, 6.45) is 5.18. The van der Waals surface area contributed by atoms with Gasteiger partial charge in [0.2, 0.25) is 5.71 Å². The van der Waals surface area contributed by atoms with E-state index in [9.17, 15) is 4.79 Å². The van der Waals surface area contributed by atoms with Crippen molar-refractivity contribution in [3.8, 4) is 0 Å². The van der Waals surface area contributed by atoms with Gasteiger partial charge in [0.15, 0.2) is 5.13 Å². The lowest BCUT2D eigenvalue weighted by molar-refractivity contribution is -0.142. The molecule has 7 heteroatoms. The SMILES string of the molecule is CO/N=C(\C(=O)OC1CCCCC1)c1csc(N)n1. The molecule has 0 bridgehead atoms. The topological polar surface area (TPSA) is 86.8 Å². The molecule has 0 radical (unpaired) electrons. The van der Waals surface area contributed by atoms with Crippen molar-refractivity contribution < 1.29 is 14.4 Å². The second-order valence-electron chi connectivity index (χ2n) is 4.36. The third kappa shape index (κ3) is 3.66. The zero-order valence-electron chi connectivity index (χ0n) is 10.8. The number of carbonyl (C=O) groups is 1. The van der Waals surface area contributed by atoms with Crippen LogP contribution in [-0.4, -0.2) is 29.9 Å². The maximum atomic E-state index is 12.1. The van der Waals surface area contributed by atoms with Crippen LogP contribution < -0.4 is 5.73 Å². The molecule has 19 heavy (non-hydrogen) atoms. The van der Waals surface area contributed by atoms with E-state index >= 15 is 0 Å². The molecule has 1 aromatic heterocycles. The van der Waals surface area contributed by atoms with Gasteiger partial charge in [-0.1, -0.05) is 11.6 Å². The number of thiazole rings is 1. The molecule has 6 nitrogen and oxygen atoms in total. The standard InChI is InChI=1S/C12H17N3O3S/c1-17-15-10(9-7-19-12(13)14-9)11(16)18-8-5-3-2-4-6-8/h7-8H,2-6H2,1H3,(H2,13,14)/b15-10-. The predicted octanol–water partition coefficient (Wildman–Crippen LogP) is 1.95. The lowest BCUT2D eigenvalue weighted by atomic mass is 9.98. The van der Waals surface area contributed by atoms with E-state index in [2.05, 4.69) is 15.0 Å². The van der Waals surface area contributed by atoms with Crippen LogP contribution in [0.25, 0.3) is 0 Å². The highest BCUT2D eigenvalue weighted by Crippen LogP contribution is 2.21. The van der Waals surface area contributed by atoms with Crippen molar-refractivity contribution >= 4 is 28.1 Å². The molecule has 0 saturated heterocycles. The van der Waals surface area contributed by atoms with Crippen LogP contribution in [0.15, 0.2) is 10.5 Å². The molecule has 0 unspecified atom stereocenters. The van der Waals surface area contributed by atoms with Crippen molar-refractivity contribution in [1.29, 1.82) is 0 Å². The summed E-state index contributed by atoms with van der Waals surface area (Å²) in [6.45, 7) is 0. The summed E-state index contributed by atoms with van der Waals surface area (Å²) in [5, 5.41) is 5.74. The molecule has 1 aliphatic rings. The summed E-state index contributed by atoms with van der Waals surface area (Å²) in [5.41, 5.74) is 6.02. The highest BCUT2D eigenvalue weighted by Gasteiger charge is 2.24. The number of nitrogens with two attached hydrogens (primary N) is 1. The monoisotopic (exact) mass is 283 g/mol. The highest BCUT2D eigenvalue weighted by molar-refractivity contribution is 7.13. The predicted molar refractivity (Wildman–Crippen MR) is 73.0 cm³/mol. The Kier molecular flexibility index (Phi) is 4.73. The quantitative estimate of drug-likeness (QED) is 0.518. The Morgan fingerprint density at radius 2 is 2.21 bits per heavy atom. The molecular weight excluding hydrogens is 266 g/mol. The van der Waals surface area contributed by atoms with Crippen molar-refractivity contribution in [2.24, 2.45) is 5.16 Å². The summed E-state index contributed by atoms with van der Waals surface area (Å²) < 4.78 is 5.44. The van der Waals surface area contributed by atoms with Crippen LogP contribution in [0.1, 0.15) is 37.8 Å². The van der Waals surface area contributed by atoms with Crippen molar-refractivity contribution in [3.05, 3.63) is 11.1 Å². The van der Waals surface area contributed by atoms with Crippen LogP contribution in [-0.2, 0) is 14.4 Å². The Labute approximate surface area is 115 Å². The summed E-state index contributed by atoms with van der Waals surface area (Å²) in [7, 11) is 1.38. The van der Waals surface area contributed by atoms with Gasteiger partial charge < -0.3 is 15.3 Å². The number of esters is 1. The number of hydrogen-bond acceptors (Lipinski definition) is 7. The van der Waals surface area contributed by atoms with E-state index in [0.29, 0.717) is 10.8 Å². The van der Waals surface area contributed by atoms with Crippen LogP contribution in [0.4, 0.5) is 5.13 Å². The lowest BCUT2D eigenvalue weighted by Crippen LogP contribution is -2.27. The minimum atomic E-state index is -0.501. The third-order valence-electron chi connectivity index (χ3n) is 2.97. The Hall–Kier alpha value is -1.63. The molecule has 2 rings (SSSR count). The molecule has 1 aliphatic carbocycles. The fourth-order valence-corrected chi connectivity index (χ4v) is 2.61. The molecule has 1 aromatic rings. The zero-order chi connectivity index (χ0) is 13.7. The smallest absolute Gasteiger partial charge is 0.362 e. The fourth-order valence-electron chi connectivity index (χ4n) is 2.07. The normalized spacial score (nSPS) is 17.2. The van der Waals surface area contributed by atoms with Crippen LogP contribution >= 0.6 is 11.3 Å². The molecule has 0 amide bonds. The minimum absolute atomic E-state index is 0.0284. The summed E-state index contributed by atoms with van der Waals surface area (Å²) in [6, 6.07) is 0. The van der Waals surface area contributed by atoms with E-state index in [0.717, 1.165) is 25.7 Å². The van der Waals surface area contributed by atoms with E-state index in [-0.39, 0.29) is 11.8 Å². The number of aromatic nitrogens is 1. The number of anilines is 1. The molecule has 0 aromatic carbocycles. The van der Waals surface area contributed by atoms with Gasteiger partial charge in [0.05, 0.1) is 0 Å². The molecule has 2 N–H and O–H groups in total. The molecule has 1 heterocycles. The first-order valence-electron chi connectivity index (χ1n) is 6.24. The van der Waals surface area contributed by atoms with E-state index in [1.807, 2.05) is 0 Å². The van der Waals surface area contributed by atoms with Gasteiger partial charge in [0.25, 0.3) is 0 Å². The molecule has 1 saturated carbocycles. The first-order valence-corrected chi connectivity index (χ1v) is 7.12. The number of ether oxygens (including phenoxy) is 1. The average Bonchev–Trinajstić information content (AvgIpc) is 2.83. The molecule has 0 atom stereocenters. The van der Waals surface area contributed by atoms with Crippen molar-refractivity contribution in [2.75, 3.05) is 12.8 Å². The van der Waals surface area contributed by atoms with Crippen LogP contribution in [0.5, 0.6) is 0 Å². The van der Waals surface area contributed by atoms with Crippen LogP contribution in [0, 0.1) is 0 Å². The van der Waals surface area contributed by atoms with Crippen molar-refractivity contribution in [3.63, 3.8) is 0 Å². The van der Waals surface area contributed by atoms with Gasteiger partial charge >= 0.3 is 5.97 Å². The molecule has 1 fully saturated rings. The summed E-state index contributed by atoms with van der Waals surface area (Å²) in [4.78, 5) is 20.8. The lowest BCUT2D eigenvalue weighted by Gasteiger charge is -2.21. The first-order chi connectivity index (χ1) is 9.20. The van der Waals surface area contributed by atoms with Gasteiger partial charge in [-0.05, 0) is 25.7 Å². The number of nitrogen functional groups attached to an aromatic ring is 1. The van der Waals surface area contributed by atoms with Crippen molar-refractivity contribution in [1.82, 2.24) is 4.98 Å². The minimum Gasteiger partial charge on any atom is -0.458 e. The fraction of sp³-hybridized carbons (Fsp3) is 0.583. The van der Waals surface area contributed by atoms with E-state index in [1.165, 1.54) is 24.9 Å². The average molecular weight is 283 g/mol. The van der Waals surface area contributed by atoms with Gasteiger partial charge in [-0.15, -0.1) is 11.3 Å². The number of oxime groups is 1. The van der Waals surface area contributed by atoms with Gasteiger partial charge in [-0.25, -0.2) is 9.78 Å². The van der Waals surface area contributed by atoms with Crippen LogP contribution in [0.3, 0.4) is 0 Å². The maximum absolute atomic E-state index is 12.1. The second kappa shape index (κ2) is 6.51. The summed E-state index contributed by atoms with van der Waals surface area (Å²) in [5.74, 6) is -0.501. The first kappa shape index (κ1) is 13.8. The number of nitrogens with zero attached hydrogens (tertiary/aromatic N) is 2. The Morgan fingerprint density at radius 3 is 2.79 bits per heavy atom. The third-order valence-corrected chi connectivity index (χ3v) is 3.64. The molecule has 0 aliphatic heterocycles. The van der Waals surface area contributed by atoms with E-state index in [1.54, 1.807) is 5.38 Å². The molecule has 104 valence electrons. The molecule has 0 spiro atoms. The van der Waals surface area contributed by atoms with Gasteiger partial charge in [0, 0.05) is 5.38 Å². The zero-order valence-corrected chi connectivity index (χ0v) is 11.6. The largest absolute Gasteiger partial charge is 0.458 e. The van der Waals surface area contributed by atoms with Crippen LogP contribution in [0.2, 0.25) is 0 Å². The molecular formula is C12H17N3O3S. The summed E-state index contributed by atoms with van der Waals surface area (Å²) >= 11 is 1.24. The number of carbonyl (C=O) groups excluding carboxylic acids is 1. The highest BCUT2D eigenvalue weighted by atomic mass is 32.1. The second-order valence-corrected chi connectivity index (χ2v) is 5.25. The van der Waals surface area contributed by atoms with E-state index < -0.39 is 5.97 Å². The number of rotatable bonds is 4. The number of hydrogen-bond donors (Lipinski definition) is 1. The Morgan fingerprint density at radius 1 is 1.47 bits per heavy atom. The van der Waals surface area contributed by atoms with Gasteiger partial charge in [-0.3, -0.25) is 0 Å². The van der Waals surface area contributed by atoms with Crippen molar-refractivity contribution in [2.45, 2.75) is 38.2 Å². The maximum Gasteiger partial charge on any atom is 0.362 e. The Balaban J connectivity index is 2.06.